The molecular formula is C14H21FN2OS. The third-order valence-corrected chi connectivity index (χ3v) is 3.43. The Morgan fingerprint density at radius 3 is 2.68 bits per heavy atom. The van der Waals surface area contributed by atoms with Crippen molar-refractivity contribution in [3.63, 3.8) is 0 Å². The van der Waals surface area contributed by atoms with Crippen molar-refractivity contribution in [2.24, 2.45) is 5.73 Å². The van der Waals surface area contributed by atoms with Gasteiger partial charge in [-0.2, -0.15) is 0 Å². The van der Waals surface area contributed by atoms with Crippen LogP contribution in [0.5, 0.6) is 0 Å². The van der Waals surface area contributed by atoms with E-state index >= 15 is 0 Å². The lowest BCUT2D eigenvalue weighted by atomic mass is 10.1. The third-order valence-electron chi connectivity index (χ3n) is 3.21. The van der Waals surface area contributed by atoms with Gasteiger partial charge in [-0.3, -0.25) is 0 Å². The fourth-order valence-corrected chi connectivity index (χ4v) is 2.06. The average Bonchev–Trinajstić information content (AvgIpc) is 2.38. The van der Waals surface area contributed by atoms with E-state index in [9.17, 15) is 4.39 Å². The van der Waals surface area contributed by atoms with E-state index in [2.05, 4.69) is 18.7 Å². The summed E-state index contributed by atoms with van der Waals surface area (Å²) < 4.78 is 19.0. The number of nitrogens with zero attached hydrogens (tertiary/aromatic N) is 1. The molecule has 106 valence electrons. The molecule has 1 rings (SSSR count). The predicted octanol–water partition coefficient (Wildman–Crippen LogP) is 2.71. The molecule has 0 spiro atoms. The Labute approximate surface area is 119 Å². The van der Waals surface area contributed by atoms with Gasteiger partial charge in [0.2, 0.25) is 0 Å². The minimum absolute atomic E-state index is 0.0797. The molecule has 1 atom stereocenters. The van der Waals surface area contributed by atoms with Crippen molar-refractivity contribution in [3.8, 4) is 0 Å². The summed E-state index contributed by atoms with van der Waals surface area (Å²) >= 11 is 4.81. The van der Waals surface area contributed by atoms with Gasteiger partial charge in [-0.15, -0.1) is 0 Å². The molecule has 0 bridgehead atoms. The van der Waals surface area contributed by atoms with E-state index in [0.29, 0.717) is 12.6 Å². The summed E-state index contributed by atoms with van der Waals surface area (Å²) in [7, 11) is 1.66. The molecule has 5 heteroatoms. The van der Waals surface area contributed by atoms with Crippen LogP contribution in [-0.2, 0) is 4.74 Å². The molecule has 19 heavy (non-hydrogen) atoms. The van der Waals surface area contributed by atoms with Crippen molar-refractivity contribution in [1.82, 2.24) is 0 Å². The fraction of sp³-hybridized carbons (Fsp3) is 0.500. The summed E-state index contributed by atoms with van der Waals surface area (Å²) in [6, 6.07) is 5.27. The third kappa shape index (κ3) is 4.14. The number of methoxy groups -OCH3 is 1. The zero-order chi connectivity index (χ0) is 14.4. The lowest BCUT2D eigenvalue weighted by Crippen LogP contribution is -2.35. The van der Waals surface area contributed by atoms with E-state index in [4.69, 9.17) is 22.7 Å². The van der Waals surface area contributed by atoms with Crippen molar-refractivity contribution >= 4 is 22.9 Å². The summed E-state index contributed by atoms with van der Waals surface area (Å²) in [5.41, 5.74) is 6.57. The minimum Gasteiger partial charge on any atom is -0.389 e. The summed E-state index contributed by atoms with van der Waals surface area (Å²) in [5.74, 6) is -0.379. The molecule has 0 fully saturated rings. The summed E-state index contributed by atoms with van der Waals surface area (Å²) in [6.07, 6.45) is 0.975. The first-order valence-corrected chi connectivity index (χ1v) is 6.77. The second-order valence-corrected chi connectivity index (χ2v) is 4.91. The van der Waals surface area contributed by atoms with Crippen molar-refractivity contribution in [1.29, 1.82) is 0 Å². The standard InChI is InChI=1S/C14H21FN2OS/c1-4-10(2)17(7-8-18-3)11-5-6-12(14(16)19)13(15)9-11/h5-6,9-10H,4,7-8H2,1-3H3,(H2,16,19). The number of halogens is 1. The topological polar surface area (TPSA) is 38.5 Å². The van der Waals surface area contributed by atoms with Gasteiger partial charge in [0, 0.05) is 30.9 Å². The highest BCUT2D eigenvalue weighted by molar-refractivity contribution is 7.80. The molecule has 0 aromatic heterocycles. The smallest absolute Gasteiger partial charge is 0.135 e. The number of anilines is 1. The summed E-state index contributed by atoms with van der Waals surface area (Å²) in [4.78, 5) is 2.20. The predicted molar refractivity (Wildman–Crippen MR) is 81.3 cm³/mol. The number of rotatable bonds is 7. The van der Waals surface area contributed by atoms with Crippen LogP contribution in [0.2, 0.25) is 0 Å². The van der Waals surface area contributed by atoms with Crippen LogP contribution >= 0.6 is 12.2 Å². The number of ether oxygens (including phenoxy) is 1. The monoisotopic (exact) mass is 284 g/mol. The molecule has 0 saturated carbocycles. The van der Waals surface area contributed by atoms with Crippen LogP contribution < -0.4 is 10.6 Å². The van der Waals surface area contributed by atoms with E-state index < -0.39 is 0 Å². The highest BCUT2D eigenvalue weighted by Crippen LogP contribution is 2.21. The zero-order valence-electron chi connectivity index (χ0n) is 11.6. The Hall–Kier alpha value is -1.20. The van der Waals surface area contributed by atoms with Gasteiger partial charge in [-0.1, -0.05) is 19.1 Å². The molecule has 0 radical (unpaired) electrons. The van der Waals surface area contributed by atoms with Gasteiger partial charge < -0.3 is 15.4 Å². The van der Waals surface area contributed by atoms with Crippen LogP contribution in [0.25, 0.3) is 0 Å². The van der Waals surface area contributed by atoms with E-state index in [1.807, 2.05) is 6.07 Å². The summed E-state index contributed by atoms with van der Waals surface area (Å²) in [5, 5.41) is 0. The Morgan fingerprint density at radius 2 is 2.21 bits per heavy atom. The second-order valence-electron chi connectivity index (χ2n) is 4.47. The first kappa shape index (κ1) is 15.9. The van der Waals surface area contributed by atoms with Gasteiger partial charge in [0.05, 0.1) is 6.61 Å². The fourth-order valence-electron chi connectivity index (χ4n) is 1.90. The molecule has 0 saturated heterocycles. The lowest BCUT2D eigenvalue weighted by molar-refractivity contribution is 0.203. The number of benzene rings is 1. The Balaban J connectivity index is 3.02. The molecule has 0 aliphatic rings. The van der Waals surface area contributed by atoms with Crippen molar-refractivity contribution in [2.45, 2.75) is 26.3 Å². The van der Waals surface area contributed by atoms with Crippen molar-refractivity contribution < 1.29 is 9.13 Å². The van der Waals surface area contributed by atoms with Gasteiger partial charge in [-0.05, 0) is 31.5 Å². The number of hydrogen-bond acceptors (Lipinski definition) is 3. The number of hydrogen-bond donors (Lipinski definition) is 1. The molecule has 1 aromatic rings. The van der Waals surface area contributed by atoms with Crippen LogP contribution in [-0.4, -0.2) is 31.3 Å². The van der Waals surface area contributed by atoms with Crippen LogP contribution in [0.15, 0.2) is 18.2 Å². The first-order valence-electron chi connectivity index (χ1n) is 6.36. The van der Waals surface area contributed by atoms with Gasteiger partial charge >= 0.3 is 0 Å². The van der Waals surface area contributed by atoms with Gasteiger partial charge in [-0.25, -0.2) is 4.39 Å². The van der Waals surface area contributed by atoms with Gasteiger partial charge in [0.25, 0.3) is 0 Å². The van der Waals surface area contributed by atoms with E-state index in [1.54, 1.807) is 13.2 Å². The maximum atomic E-state index is 13.9. The van der Waals surface area contributed by atoms with E-state index in [0.717, 1.165) is 18.7 Å². The highest BCUT2D eigenvalue weighted by Gasteiger charge is 2.15. The average molecular weight is 284 g/mol. The molecule has 2 N–H and O–H groups in total. The van der Waals surface area contributed by atoms with Crippen LogP contribution in [0, 0.1) is 5.82 Å². The zero-order valence-corrected chi connectivity index (χ0v) is 12.5. The molecule has 1 aromatic carbocycles. The minimum atomic E-state index is -0.379. The molecule has 1 unspecified atom stereocenters. The Kier molecular flexibility index (Phi) is 6.18. The largest absolute Gasteiger partial charge is 0.389 e. The Morgan fingerprint density at radius 1 is 1.53 bits per heavy atom. The second kappa shape index (κ2) is 7.40. The Bertz CT molecular complexity index is 439. The van der Waals surface area contributed by atoms with Crippen LogP contribution in [0.4, 0.5) is 10.1 Å². The van der Waals surface area contributed by atoms with E-state index in [-0.39, 0.29) is 16.4 Å². The SMILES string of the molecule is CCC(C)N(CCOC)c1ccc(C(N)=S)c(F)c1. The molecule has 3 nitrogen and oxygen atoms in total. The quantitative estimate of drug-likeness (QED) is 0.781. The van der Waals surface area contributed by atoms with Crippen LogP contribution in [0.1, 0.15) is 25.8 Å². The van der Waals surface area contributed by atoms with Gasteiger partial charge in [0.15, 0.2) is 0 Å². The molecule has 0 amide bonds. The molecule has 0 heterocycles. The molecular weight excluding hydrogens is 263 g/mol. The van der Waals surface area contributed by atoms with Crippen molar-refractivity contribution in [3.05, 3.63) is 29.6 Å². The number of nitrogens with two attached hydrogens (primary N) is 1. The number of thiocarbonyl (C=S) groups is 1. The molecule has 0 aliphatic heterocycles. The highest BCUT2D eigenvalue weighted by atomic mass is 32.1. The van der Waals surface area contributed by atoms with Crippen molar-refractivity contribution in [2.75, 3.05) is 25.2 Å². The van der Waals surface area contributed by atoms with Crippen LogP contribution in [0.3, 0.4) is 0 Å². The first-order chi connectivity index (χ1) is 9.01. The van der Waals surface area contributed by atoms with E-state index in [1.165, 1.54) is 6.07 Å². The maximum absolute atomic E-state index is 13.9. The normalized spacial score (nSPS) is 12.2. The van der Waals surface area contributed by atoms with Gasteiger partial charge in [0.1, 0.15) is 10.8 Å². The molecule has 0 aliphatic carbocycles. The summed E-state index contributed by atoms with van der Waals surface area (Å²) in [6.45, 7) is 5.53. The maximum Gasteiger partial charge on any atom is 0.135 e. The lowest BCUT2D eigenvalue weighted by Gasteiger charge is -2.30.